The second-order valence-corrected chi connectivity index (χ2v) is 19.1. The molecule has 5 aromatic rings. The van der Waals surface area contributed by atoms with Gasteiger partial charge >= 0.3 is 17.9 Å². The van der Waals surface area contributed by atoms with Crippen molar-refractivity contribution >= 4 is 41.3 Å². The third-order valence-corrected chi connectivity index (χ3v) is 14.5. The van der Waals surface area contributed by atoms with Crippen molar-refractivity contribution in [2.45, 2.75) is 74.5 Å². The molecule has 0 aromatic heterocycles. The fourth-order valence-electron chi connectivity index (χ4n) is 11.7. The van der Waals surface area contributed by atoms with Crippen molar-refractivity contribution in [3.8, 4) is 11.5 Å². The number of morpholine rings is 1. The quantitative estimate of drug-likeness (QED) is 0.0457. The molecule has 0 saturated carbocycles. The number of phenolic OH excluding ortho intramolecular Hbond substituents is 1. The summed E-state index contributed by atoms with van der Waals surface area (Å²) < 4.78 is 24.2. The van der Waals surface area contributed by atoms with Crippen LogP contribution in [0.2, 0.25) is 0 Å². The largest absolute Gasteiger partial charge is 0.508 e. The minimum Gasteiger partial charge on any atom is -0.508 e. The molecule has 0 radical (unpaired) electrons. The number of esters is 3. The fraction of sp³-hybridized carbons (Fsp3) is 0.321. The number of rotatable bonds is 14. The minimum atomic E-state index is -1.69. The number of cyclic esters (lactones) is 1. The van der Waals surface area contributed by atoms with Crippen LogP contribution in [0.5, 0.6) is 11.5 Å². The van der Waals surface area contributed by atoms with E-state index in [9.17, 15) is 29.1 Å². The summed E-state index contributed by atoms with van der Waals surface area (Å²) in [6.07, 6.45) is 1.10. The van der Waals surface area contributed by atoms with E-state index in [1.807, 2.05) is 97.6 Å². The first-order valence-corrected chi connectivity index (χ1v) is 24.0. The number of nitrogens with one attached hydrogen (secondary N) is 2. The lowest BCUT2D eigenvalue weighted by Gasteiger charge is -2.46. The molecule has 1 spiro atoms. The van der Waals surface area contributed by atoms with Crippen molar-refractivity contribution in [3.63, 3.8) is 0 Å². The molecule has 3 N–H and O–H groups in total. The predicted molar refractivity (Wildman–Crippen MR) is 258 cm³/mol. The average molecular weight is 959 g/mol. The minimum absolute atomic E-state index is 0.0201. The maximum absolute atomic E-state index is 15.1. The number of anilines is 1. The fourth-order valence-corrected chi connectivity index (χ4v) is 11.7. The number of phenols is 1. The Morgan fingerprint density at radius 3 is 2.11 bits per heavy atom. The molecule has 15 heteroatoms. The van der Waals surface area contributed by atoms with Gasteiger partial charge in [0.05, 0.1) is 24.0 Å². The number of piperazine rings is 1. The maximum atomic E-state index is 15.1. The van der Waals surface area contributed by atoms with E-state index in [1.54, 1.807) is 42.5 Å². The van der Waals surface area contributed by atoms with Gasteiger partial charge in [0.2, 0.25) is 17.7 Å². The maximum Gasteiger partial charge on any atom is 0.325 e. The summed E-state index contributed by atoms with van der Waals surface area (Å²) in [4.78, 5) is 89.4. The van der Waals surface area contributed by atoms with Gasteiger partial charge in [-0.05, 0) is 76.9 Å². The molecule has 364 valence electrons. The van der Waals surface area contributed by atoms with Crippen LogP contribution >= 0.6 is 0 Å². The van der Waals surface area contributed by atoms with E-state index in [2.05, 4.69) is 17.2 Å². The molecule has 10 rings (SSSR count). The number of fused-ring (bicyclic) bond motifs is 4. The van der Waals surface area contributed by atoms with Gasteiger partial charge in [-0.15, -0.1) is 0 Å². The molecule has 4 saturated heterocycles. The van der Waals surface area contributed by atoms with Gasteiger partial charge in [0, 0.05) is 5.69 Å². The van der Waals surface area contributed by atoms with Crippen molar-refractivity contribution in [2.24, 2.45) is 17.8 Å². The number of ether oxygens (including phenoxy) is 4. The molecule has 0 aliphatic carbocycles. The van der Waals surface area contributed by atoms with Crippen LogP contribution in [0.25, 0.3) is 0 Å². The molecule has 71 heavy (non-hydrogen) atoms. The summed E-state index contributed by atoms with van der Waals surface area (Å²) in [6.45, 7) is 7.31. The molecule has 5 heterocycles. The molecule has 15 nitrogen and oxygen atoms in total. The summed E-state index contributed by atoms with van der Waals surface area (Å²) >= 11 is 0. The molecule has 0 bridgehead atoms. The summed E-state index contributed by atoms with van der Waals surface area (Å²) in [6, 6.07) is 34.2. The van der Waals surface area contributed by atoms with Crippen LogP contribution in [0.1, 0.15) is 78.7 Å². The molecular weight excluding hydrogens is 905 g/mol. The van der Waals surface area contributed by atoms with Crippen LogP contribution in [-0.2, 0) is 48.4 Å². The van der Waals surface area contributed by atoms with Crippen LogP contribution in [0.3, 0.4) is 0 Å². The molecule has 3 amide bonds. The SMILES string of the molecule is C=CCOC(=O)[C@@H]1[C@H]2C(=O)O[C@H](c3ccccc3)[C@H](c3ccccc3)N2[C@H](c2ccc(OCCOC(=O)[C@H]3C[C@H]4C(=O)N[C@@H](CC(C)C)C(=O)N4[C@H]3c3ccc(O)cc3)cc2)[C@@]12C(=O)Nc1ccccc12. The molecule has 5 aromatic carbocycles. The number of hydrogen-bond donors (Lipinski definition) is 3. The summed E-state index contributed by atoms with van der Waals surface area (Å²) in [5.74, 6) is -4.76. The van der Waals surface area contributed by atoms with Crippen molar-refractivity contribution in [1.29, 1.82) is 0 Å². The number of para-hydroxylation sites is 1. The molecule has 0 unspecified atom stereocenters. The van der Waals surface area contributed by atoms with Crippen molar-refractivity contribution in [2.75, 3.05) is 25.1 Å². The van der Waals surface area contributed by atoms with E-state index in [0.29, 0.717) is 34.5 Å². The van der Waals surface area contributed by atoms with Gasteiger partial charge in [0.25, 0.3) is 0 Å². The van der Waals surface area contributed by atoms with E-state index >= 15 is 4.79 Å². The zero-order chi connectivity index (χ0) is 49.6. The zero-order valence-electron chi connectivity index (χ0n) is 39.2. The van der Waals surface area contributed by atoms with Crippen LogP contribution in [-0.4, -0.2) is 88.5 Å². The van der Waals surface area contributed by atoms with Crippen molar-refractivity contribution in [1.82, 2.24) is 15.1 Å². The van der Waals surface area contributed by atoms with E-state index in [4.69, 9.17) is 18.9 Å². The van der Waals surface area contributed by atoms with Gasteiger partial charge in [-0.25, -0.2) is 0 Å². The van der Waals surface area contributed by atoms with Gasteiger partial charge < -0.3 is 39.6 Å². The molecule has 5 aliphatic rings. The Morgan fingerprint density at radius 1 is 0.775 bits per heavy atom. The van der Waals surface area contributed by atoms with Gasteiger partial charge in [0.1, 0.15) is 66.9 Å². The first-order valence-electron chi connectivity index (χ1n) is 24.0. The van der Waals surface area contributed by atoms with Crippen molar-refractivity contribution < 1.29 is 52.8 Å². The van der Waals surface area contributed by atoms with Crippen molar-refractivity contribution in [3.05, 3.63) is 174 Å². The number of benzene rings is 5. The highest BCUT2D eigenvalue weighted by molar-refractivity contribution is 6.11. The molecule has 4 fully saturated rings. The Kier molecular flexibility index (Phi) is 12.7. The lowest BCUT2D eigenvalue weighted by molar-refractivity contribution is -0.180. The smallest absolute Gasteiger partial charge is 0.325 e. The second kappa shape index (κ2) is 19.2. The number of carbonyl (C=O) groups is 6. The molecule has 5 aliphatic heterocycles. The second-order valence-electron chi connectivity index (χ2n) is 19.1. The Bertz CT molecular complexity index is 2860. The number of amides is 3. The third-order valence-electron chi connectivity index (χ3n) is 14.5. The van der Waals surface area contributed by atoms with Gasteiger partial charge in [0.15, 0.2) is 0 Å². The lowest BCUT2D eigenvalue weighted by atomic mass is 9.65. The topological polar surface area (TPSA) is 190 Å². The van der Waals surface area contributed by atoms with Gasteiger partial charge in [-0.2, -0.15) is 0 Å². The summed E-state index contributed by atoms with van der Waals surface area (Å²) in [7, 11) is 0. The van der Waals surface area contributed by atoms with E-state index < -0.39 is 83.4 Å². The molecular formula is C56H54N4O11. The highest BCUT2D eigenvalue weighted by atomic mass is 16.6. The standard InChI is InChI=1S/C56H54N4O11/c1-4-27-69-53(65)44-47-54(66)71-48(35-15-9-6-10-16-35)46(33-13-7-5-8-14-33)60(47)49(56(44)40-17-11-12-18-41(40)58-55(56)67)36-21-25-38(26-22-36)68-28-29-70-52(64)39-31-43-50(62)57-42(30-32(2)3)51(63)59(43)45(39)34-19-23-37(61)24-20-34/h4-26,32,39,42-49,61H,1,27-31H2,2-3H3,(H,57,62)(H,58,67)/t39-,42-,43-,44-,45-,46-,47-,48+,49+,56-/m0/s1. The Morgan fingerprint density at radius 2 is 1.42 bits per heavy atom. The normalized spacial score (nSPS) is 27.5. The third kappa shape index (κ3) is 8.17. The van der Waals surface area contributed by atoms with Gasteiger partial charge in [-0.3, -0.25) is 33.7 Å². The van der Waals surface area contributed by atoms with Crippen LogP contribution < -0.4 is 15.4 Å². The van der Waals surface area contributed by atoms with Crippen LogP contribution in [0.4, 0.5) is 5.69 Å². The van der Waals surface area contributed by atoms with Crippen LogP contribution in [0, 0.1) is 17.8 Å². The number of aromatic hydroxyl groups is 1. The number of hydrogen-bond acceptors (Lipinski definition) is 12. The van der Waals surface area contributed by atoms with Gasteiger partial charge in [-0.1, -0.05) is 130 Å². The first-order chi connectivity index (χ1) is 34.4. The van der Waals surface area contributed by atoms with E-state index in [-0.39, 0.29) is 49.7 Å². The zero-order valence-corrected chi connectivity index (χ0v) is 39.2. The lowest BCUT2D eigenvalue weighted by Crippen LogP contribution is -2.61. The summed E-state index contributed by atoms with van der Waals surface area (Å²) in [5, 5.41) is 16.0. The highest BCUT2D eigenvalue weighted by Gasteiger charge is 2.74. The predicted octanol–water partition coefficient (Wildman–Crippen LogP) is 6.82. The Hall–Kier alpha value is -7.78. The van der Waals surface area contributed by atoms with Crippen LogP contribution in [0.15, 0.2) is 146 Å². The summed E-state index contributed by atoms with van der Waals surface area (Å²) in [5.41, 5.74) is 2.08. The monoisotopic (exact) mass is 958 g/mol. The average Bonchev–Trinajstić information content (AvgIpc) is 4.03. The molecule has 10 atom stereocenters. The number of carbonyl (C=O) groups excluding carboxylic acids is 6. The Balaban J connectivity index is 0.955. The number of nitrogens with zero attached hydrogens (tertiary/aromatic N) is 2. The highest BCUT2D eigenvalue weighted by Crippen LogP contribution is 2.65. The Labute approximate surface area is 410 Å². The first kappa shape index (κ1) is 46.9. The van der Waals surface area contributed by atoms with E-state index in [1.165, 1.54) is 23.1 Å². The van der Waals surface area contributed by atoms with E-state index in [0.717, 1.165) is 11.1 Å².